The second kappa shape index (κ2) is 5.78. The fourth-order valence-electron chi connectivity index (χ4n) is 2.08. The summed E-state index contributed by atoms with van der Waals surface area (Å²) in [5, 5.41) is 9.41. The third kappa shape index (κ3) is 3.09. The van der Waals surface area contributed by atoms with Crippen molar-refractivity contribution < 1.29 is 19.4 Å². The average molecular weight is 299 g/mol. The van der Waals surface area contributed by atoms with Gasteiger partial charge in [-0.3, -0.25) is 14.5 Å². The van der Waals surface area contributed by atoms with Crippen molar-refractivity contribution in [3.8, 4) is 0 Å². The second-order valence-corrected chi connectivity index (χ2v) is 5.16. The zero-order valence-electron chi connectivity index (χ0n) is 10.7. The molecule has 1 atom stereocenters. The molecule has 2 rings (SSSR count). The summed E-state index contributed by atoms with van der Waals surface area (Å²) in [5.41, 5.74) is 5.23. The number of benzene rings is 1. The standard InChI is InChI=1S/C13H15ClN2O4/c14-9-2-1-3-10(6-9)16(7-11(17)18)12(19)13(15)4-5-20-8-13/h1-3,6H,4-5,7-8,15H2,(H,17,18). The number of aliphatic carboxylic acids is 1. The fraction of sp³-hybridized carbons (Fsp3) is 0.385. The van der Waals surface area contributed by atoms with Gasteiger partial charge in [-0.25, -0.2) is 0 Å². The quantitative estimate of drug-likeness (QED) is 0.860. The normalized spacial score (nSPS) is 21.7. The topological polar surface area (TPSA) is 92.9 Å². The van der Waals surface area contributed by atoms with Gasteiger partial charge in [-0.2, -0.15) is 0 Å². The zero-order chi connectivity index (χ0) is 14.8. The van der Waals surface area contributed by atoms with Crippen LogP contribution in [0.1, 0.15) is 6.42 Å². The number of carbonyl (C=O) groups is 2. The number of hydrogen-bond donors (Lipinski definition) is 2. The van der Waals surface area contributed by atoms with Gasteiger partial charge in [0.25, 0.3) is 0 Å². The highest BCUT2D eigenvalue weighted by molar-refractivity contribution is 6.31. The van der Waals surface area contributed by atoms with Crippen LogP contribution in [-0.2, 0) is 14.3 Å². The lowest BCUT2D eigenvalue weighted by molar-refractivity contribution is -0.137. The molecule has 1 aromatic rings. The Morgan fingerprint density at radius 1 is 1.50 bits per heavy atom. The van der Waals surface area contributed by atoms with Gasteiger partial charge >= 0.3 is 5.97 Å². The number of ether oxygens (including phenoxy) is 1. The minimum atomic E-state index is -1.18. The first-order chi connectivity index (χ1) is 9.42. The first-order valence-electron chi connectivity index (χ1n) is 6.08. The van der Waals surface area contributed by atoms with Gasteiger partial charge in [0.1, 0.15) is 12.1 Å². The van der Waals surface area contributed by atoms with Crippen LogP contribution in [0.2, 0.25) is 5.02 Å². The molecule has 0 radical (unpaired) electrons. The first-order valence-corrected chi connectivity index (χ1v) is 6.46. The molecule has 0 aromatic heterocycles. The van der Waals surface area contributed by atoms with Crippen LogP contribution in [0.3, 0.4) is 0 Å². The van der Waals surface area contributed by atoms with E-state index >= 15 is 0 Å². The molecule has 1 aromatic carbocycles. The van der Waals surface area contributed by atoms with Gasteiger partial charge in [0.2, 0.25) is 5.91 Å². The number of amides is 1. The Labute approximate surface area is 121 Å². The lowest BCUT2D eigenvalue weighted by atomic mass is 9.98. The third-order valence-corrected chi connectivity index (χ3v) is 3.37. The molecule has 1 unspecified atom stereocenters. The van der Waals surface area contributed by atoms with E-state index in [1.54, 1.807) is 18.2 Å². The molecule has 1 aliphatic rings. The number of rotatable bonds is 4. The maximum Gasteiger partial charge on any atom is 0.323 e. The Bertz CT molecular complexity index is 529. The predicted octanol–water partition coefficient (Wildman–Crippen LogP) is 0.875. The van der Waals surface area contributed by atoms with E-state index in [1.807, 2.05) is 0 Å². The van der Waals surface area contributed by atoms with Crippen LogP contribution in [0.25, 0.3) is 0 Å². The van der Waals surface area contributed by atoms with E-state index in [9.17, 15) is 9.59 Å². The summed E-state index contributed by atoms with van der Waals surface area (Å²) < 4.78 is 5.15. The van der Waals surface area contributed by atoms with E-state index in [-0.39, 0.29) is 6.61 Å². The van der Waals surface area contributed by atoms with Crippen molar-refractivity contribution in [1.29, 1.82) is 0 Å². The smallest absolute Gasteiger partial charge is 0.323 e. The molecule has 1 saturated heterocycles. The van der Waals surface area contributed by atoms with Crippen molar-refractivity contribution in [1.82, 2.24) is 0 Å². The van der Waals surface area contributed by atoms with Crippen molar-refractivity contribution in [2.24, 2.45) is 5.73 Å². The number of nitrogens with zero attached hydrogens (tertiary/aromatic N) is 1. The van der Waals surface area contributed by atoms with Crippen molar-refractivity contribution >= 4 is 29.2 Å². The SMILES string of the molecule is NC1(C(=O)N(CC(=O)O)c2cccc(Cl)c2)CCOC1. The molecule has 20 heavy (non-hydrogen) atoms. The number of halogens is 1. The highest BCUT2D eigenvalue weighted by Crippen LogP contribution is 2.25. The number of carbonyl (C=O) groups excluding carboxylic acids is 1. The highest BCUT2D eigenvalue weighted by Gasteiger charge is 2.42. The first kappa shape index (κ1) is 14.8. The van der Waals surface area contributed by atoms with E-state index in [0.29, 0.717) is 23.7 Å². The summed E-state index contributed by atoms with van der Waals surface area (Å²) in [6.45, 7) is -0.000654. The van der Waals surface area contributed by atoms with Crippen molar-refractivity contribution in [2.75, 3.05) is 24.7 Å². The number of nitrogens with two attached hydrogens (primary N) is 1. The maximum absolute atomic E-state index is 12.5. The van der Waals surface area contributed by atoms with Gasteiger partial charge < -0.3 is 15.6 Å². The molecule has 0 saturated carbocycles. The lowest BCUT2D eigenvalue weighted by Gasteiger charge is -2.29. The summed E-state index contributed by atoms with van der Waals surface area (Å²) in [6, 6.07) is 6.44. The van der Waals surface area contributed by atoms with Gasteiger partial charge in [-0.1, -0.05) is 17.7 Å². The summed E-state index contributed by atoms with van der Waals surface area (Å²) in [5.74, 6) is -1.60. The lowest BCUT2D eigenvalue weighted by Crippen LogP contribution is -2.57. The van der Waals surface area contributed by atoms with Crippen molar-refractivity contribution in [2.45, 2.75) is 12.0 Å². The van der Waals surface area contributed by atoms with Gasteiger partial charge in [0, 0.05) is 17.3 Å². The summed E-state index contributed by atoms with van der Waals surface area (Å²) in [7, 11) is 0. The summed E-state index contributed by atoms with van der Waals surface area (Å²) in [6.07, 6.45) is 0.364. The van der Waals surface area contributed by atoms with Crippen LogP contribution in [0, 0.1) is 0 Å². The minimum absolute atomic E-state index is 0.0858. The van der Waals surface area contributed by atoms with Crippen LogP contribution in [0.4, 0.5) is 5.69 Å². The molecule has 6 nitrogen and oxygen atoms in total. The van der Waals surface area contributed by atoms with E-state index < -0.39 is 24.0 Å². The fourth-order valence-corrected chi connectivity index (χ4v) is 2.26. The Kier molecular flexibility index (Phi) is 4.27. The number of hydrogen-bond acceptors (Lipinski definition) is 4. The Hall–Kier alpha value is -1.63. The van der Waals surface area contributed by atoms with Crippen molar-refractivity contribution in [3.63, 3.8) is 0 Å². The Morgan fingerprint density at radius 2 is 2.25 bits per heavy atom. The van der Waals surface area contributed by atoms with Crippen molar-refractivity contribution in [3.05, 3.63) is 29.3 Å². The number of carboxylic acids is 1. The predicted molar refractivity (Wildman–Crippen MR) is 73.8 cm³/mol. The zero-order valence-corrected chi connectivity index (χ0v) is 11.5. The van der Waals surface area contributed by atoms with Gasteiger partial charge in [-0.05, 0) is 24.6 Å². The van der Waals surface area contributed by atoms with Crippen LogP contribution < -0.4 is 10.6 Å². The molecule has 7 heteroatoms. The number of carboxylic acid groups (broad SMARTS) is 1. The Balaban J connectivity index is 2.32. The van der Waals surface area contributed by atoms with Crippen LogP contribution in [-0.4, -0.2) is 42.3 Å². The molecule has 0 bridgehead atoms. The highest BCUT2D eigenvalue weighted by atomic mass is 35.5. The van der Waals surface area contributed by atoms with Gasteiger partial charge in [0.05, 0.1) is 6.61 Å². The molecule has 3 N–H and O–H groups in total. The van der Waals surface area contributed by atoms with Crippen LogP contribution >= 0.6 is 11.6 Å². The largest absolute Gasteiger partial charge is 0.480 e. The van der Waals surface area contributed by atoms with Gasteiger partial charge in [-0.15, -0.1) is 0 Å². The van der Waals surface area contributed by atoms with Crippen LogP contribution in [0.15, 0.2) is 24.3 Å². The Morgan fingerprint density at radius 3 is 2.80 bits per heavy atom. The minimum Gasteiger partial charge on any atom is -0.480 e. The molecule has 0 aliphatic carbocycles. The van der Waals surface area contributed by atoms with Crippen LogP contribution in [0.5, 0.6) is 0 Å². The van der Waals surface area contributed by atoms with Gasteiger partial charge in [0.15, 0.2) is 0 Å². The molecular weight excluding hydrogens is 284 g/mol. The van der Waals surface area contributed by atoms with E-state index in [0.717, 1.165) is 4.90 Å². The van der Waals surface area contributed by atoms with E-state index in [1.165, 1.54) is 6.07 Å². The molecule has 1 fully saturated rings. The molecular formula is C13H15ClN2O4. The molecule has 0 spiro atoms. The average Bonchev–Trinajstić information content (AvgIpc) is 2.83. The monoisotopic (exact) mass is 298 g/mol. The number of anilines is 1. The van der Waals surface area contributed by atoms with E-state index in [4.69, 9.17) is 27.2 Å². The molecule has 1 heterocycles. The third-order valence-electron chi connectivity index (χ3n) is 3.14. The van der Waals surface area contributed by atoms with E-state index in [2.05, 4.69) is 0 Å². The molecule has 108 valence electrons. The second-order valence-electron chi connectivity index (χ2n) is 4.72. The maximum atomic E-state index is 12.5. The summed E-state index contributed by atoms with van der Waals surface area (Å²) in [4.78, 5) is 24.6. The summed E-state index contributed by atoms with van der Waals surface area (Å²) >= 11 is 5.88. The molecule has 1 aliphatic heterocycles. The molecule has 1 amide bonds.